The highest BCUT2D eigenvalue weighted by molar-refractivity contribution is 5.96. The summed E-state index contributed by atoms with van der Waals surface area (Å²) in [7, 11) is 3.48. The number of rotatable bonds is 2. The zero-order valence-corrected chi connectivity index (χ0v) is 21.0. The minimum absolute atomic E-state index is 0.0200. The number of hydrogen-bond donors (Lipinski definition) is 2. The maximum absolute atomic E-state index is 12.5. The number of aliphatic hydroxyl groups is 1. The average molecular weight is 461 g/mol. The molecular weight excluding hydrogens is 420 g/mol. The van der Waals surface area contributed by atoms with E-state index in [0.29, 0.717) is 6.42 Å². The quantitative estimate of drug-likeness (QED) is 0.660. The molecule has 0 aromatic carbocycles. The van der Waals surface area contributed by atoms with Gasteiger partial charge in [0.15, 0.2) is 0 Å². The Balaban J connectivity index is 0.000000139. The monoisotopic (exact) mass is 460 g/mol. The fraction of sp³-hybridized carbons (Fsp3) is 0.885. The first-order valence-electron chi connectivity index (χ1n) is 12.6. The molecule has 0 unspecified atom stereocenters. The van der Waals surface area contributed by atoms with Gasteiger partial charge < -0.3 is 20.0 Å². The largest absolute Gasteiger partial charge is 0.480 e. The SMILES string of the molecule is CN1C(=O)[C@]2(C[C@H]1C(=O)O)C(C)(C)C21CCC1.CN1C(=O)[C@]2(C[C@H]1CO)C(C)(C)C21CCC1. The number of aliphatic carboxylic acids is 1. The van der Waals surface area contributed by atoms with E-state index in [1.54, 1.807) is 11.9 Å². The molecule has 0 bridgehead atoms. The number of amides is 2. The van der Waals surface area contributed by atoms with E-state index in [9.17, 15) is 24.6 Å². The van der Waals surface area contributed by atoms with Crippen LogP contribution in [0, 0.1) is 32.5 Å². The zero-order valence-electron chi connectivity index (χ0n) is 21.0. The molecule has 33 heavy (non-hydrogen) atoms. The molecule has 6 fully saturated rings. The molecule has 2 N–H and O–H groups in total. The normalized spacial score (nSPS) is 41.8. The van der Waals surface area contributed by atoms with Crippen LogP contribution in [0.5, 0.6) is 0 Å². The highest BCUT2D eigenvalue weighted by Gasteiger charge is 2.89. The first kappa shape index (κ1) is 23.1. The van der Waals surface area contributed by atoms with Gasteiger partial charge in [0.2, 0.25) is 11.8 Å². The molecule has 2 saturated heterocycles. The predicted octanol–water partition coefficient (Wildman–Crippen LogP) is 2.90. The molecule has 2 aliphatic heterocycles. The number of hydrogen-bond acceptors (Lipinski definition) is 4. The van der Waals surface area contributed by atoms with Crippen molar-refractivity contribution >= 4 is 17.8 Å². The Labute approximate surface area is 196 Å². The summed E-state index contributed by atoms with van der Waals surface area (Å²) in [4.78, 5) is 39.4. The summed E-state index contributed by atoms with van der Waals surface area (Å²) < 4.78 is 0. The van der Waals surface area contributed by atoms with Gasteiger partial charge in [-0.05, 0) is 60.2 Å². The Bertz CT molecular complexity index is 933. The number of fused-ring (bicyclic) bond motifs is 2. The molecule has 2 heterocycles. The number of carbonyl (C=O) groups is 3. The van der Waals surface area contributed by atoms with Crippen LogP contribution in [0.3, 0.4) is 0 Å². The van der Waals surface area contributed by atoms with Crippen molar-refractivity contribution in [2.75, 3.05) is 20.7 Å². The maximum Gasteiger partial charge on any atom is 0.326 e. The van der Waals surface area contributed by atoms with Crippen molar-refractivity contribution in [1.29, 1.82) is 0 Å². The zero-order chi connectivity index (χ0) is 24.4. The number of carboxylic acid groups (broad SMARTS) is 1. The molecule has 4 atom stereocenters. The second-order valence-corrected chi connectivity index (χ2v) is 12.9. The number of likely N-dealkylation sites (tertiary alicyclic amines) is 2. The Morgan fingerprint density at radius 3 is 1.55 bits per heavy atom. The average Bonchev–Trinajstić information content (AvgIpc) is 3.18. The van der Waals surface area contributed by atoms with Crippen LogP contribution >= 0.6 is 0 Å². The second-order valence-electron chi connectivity index (χ2n) is 12.9. The minimum atomic E-state index is -0.866. The molecule has 7 nitrogen and oxygen atoms in total. The standard InChI is InChI=1S/C13H19NO3.C13H21NO2/c1-11(2)12(5-4-6-12)13(11)7-8(9(15)16)14(3)10(13)17;1-11(2)12(5-4-6-12)13(11)7-9(8-15)14(3)10(13)16/h8H,4-7H2,1-3H3,(H,15,16);9,15H,4-8H2,1-3H3/t8-,13+;9-,13+/m00/s1. The van der Waals surface area contributed by atoms with Crippen molar-refractivity contribution in [2.24, 2.45) is 32.5 Å². The molecule has 6 rings (SSSR count). The van der Waals surface area contributed by atoms with Crippen molar-refractivity contribution < 1.29 is 24.6 Å². The van der Waals surface area contributed by atoms with E-state index in [-0.39, 0.29) is 57.0 Å². The lowest BCUT2D eigenvalue weighted by molar-refractivity contribution is -0.145. The molecule has 4 spiro atoms. The number of aliphatic hydroxyl groups excluding tert-OH is 1. The van der Waals surface area contributed by atoms with E-state index < -0.39 is 12.0 Å². The summed E-state index contributed by atoms with van der Waals surface area (Å²) in [6, 6.07) is -0.575. The van der Waals surface area contributed by atoms with E-state index in [2.05, 4.69) is 27.7 Å². The third-order valence-electron chi connectivity index (χ3n) is 12.4. The first-order chi connectivity index (χ1) is 15.3. The van der Waals surface area contributed by atoms with E-state index in [1.807, 2.05) is 7.05 Å². The van der Waals surface area contributed by atoms with Crippen LogP contribution in [0.4, 0.5) is 0 Å². The van der Waals surface area contributed by atoms with Gasteiger partial charge in [0.25, 0.3) is 0 Å². The Morgan fingerprint density at radius 2 is 1.27 bits per heavy atom. The van der Waals surface area contributed by atoms with E-state index >= 15 is 0 Å². The van der Waals surface area contributed by atoms with Crippen molar-refractivity contribution in [2.45, 2.75) is 91.1 Å². The van der Waals surface area contributed by atoms with E-state index in [0.717, 1.165) is 19.3 Å². The number of likely N-dealkylation sites (N-methyl/N-ethyl adjacent to an activating group) is 2. The van der Waals surface area contributed by atoms with Gasteiger partial charge in [-0.15, -0.1) is 0 Å². The molecule has 0 aromatic heterocycles. The topological polar surface area (TPSA) is 98.2 Å². The molecule has 2 amide bonds. The van der Waals surface area contributed by atoms with Crippen molar-refractivity contribution in [3.63, 3.8) is 0 Å². The van der Waals surface area contributed by atoms with Gasteiger partial charge in [-0.2, -0.15) is 0 Å². The Morgan fingerprint density at radius 1 is 0.848 bits per heavy atom. The molecule has 4 aliphatic carbocycles. The van der Waals surface area contributed by atoms with Gasteiger partial charge in [0.1, 0.15) is 6.04 Å². The van der Waals surface area contributed by atoms with E-state index in [4.69, 9.17) is 0 Å². The summed E-state index contributed by atoms with van der Waals surface area (Å²) in [5.41, 5.74) is -0.0113. The van der Waals surface area contributed by atoms with Crippen molar-refractivity contribution in [1.82, 2.24) is 9.80 Å². The summed E-state index contributed by atoms with van der Waals surface area (Å²) in [5, 5.41) is 18.6. The van der Waals surface area contributed by atoms with Crippen LogP contribution in [0.2, 0.25) is 0 Å². The maximum atomic E-state index is 12.5. The van der Waals surface area contributed by atoms with Crippen molar-refractivity contribution in [3.05, 3.63) is 0 Å². The molecule has 184 valence electrons. The minimum Gasteiger partial charge on any atom is -0.480 e. The summed E-state index contributed by atoms with van der Waals surface area (Å²) >= 11 is 0. The number of carbonyl (C=O) groups excluding carboxylic acids is 2. The Kier molecular flexibility index (Phi) is 4.43. The first-order valence-corrected chi connectivity index (χ1v) is 12.6. The molecular formula is C26H40N2O5. The van der Waals surface area contributed by atoms with Gasteiger partial charge in [-0.3, -0.25) is 9.59 Å². The summed E-state index contributed by atoms with van der Waals surface area (Å²) in [6.07, 6.45) is 8.41. The lowest BCUT2D eigenvalue weighted by atomic mass is 9.73. The third-order valence-corrected chi connectivity index (χ3v) is 12.4. The van der Waals surface area contributed by atoms with Gasteiger partial charge >= 0.3 is 5.97 Å². The van der Waals surface area contributed by atoms with Gasteiger partial charge in [-0.25, -0.2) is 4.79 Å². The fourth-order valence-electron chi connectivity index (χ4n) is 9.77. The van der Waals surface area contributed by atoms with Gasteiger partial charge in [0, 0.05) is 14.1 Å². The second kappa shape index (κ2) is 6.32. The van der Waals surface area contributed by atoms with Crippen LogP contribution < -0.4 is 0 Å². The highest BCUT2D eigenvalue weighted by Crippen LogP contribution is 2.89. The van der Waals surface area contributed by atoms with Crippen LogP contribution in [-0.2, 0) is 14.4 Å². The summed E-state index contributed by atoms with van der Waals surface area (Å²) in [5.74, 6) is -0.513. The van der Waals surface area contributed by atoms with Crippen LogP contribution in [-0.4, -0.2) is 70.6 Å². The fourth-order valence-corrected chi connectivity index (χ4v) is 9.77. The summed E-state index contributed by atoms with van der Waals surface area (Å²) in [6.45, 7) is 8.88. The molecule has 0 aromatic rings. The third kappa shape index (κ3) is 2.08. The number of carboxylic acids is 1. The Hall–Kier alpha value is -1.63. The predicted molar refractivity (Wildman–Crippen MR) is 122 cm³/mol. The highest BCUT2D eigenvalue weighted by atomic mass is 16.4. The van der Waals surface area contributed by atoms with Gasteiger partial charge in [-0.1, -0.05) is 40.5 Å². The lowest BCUT2D eigenvalue weighted by Gasteiger charge is -2.31. The van der Waals surface area contributed by atoms with Crippen LogP contribution in [0.1, 0.15) is 79.1 Å². The van der Waals surface area contributed by atoms with Gasteiger partial charge in [0.05, 0.1) is 23.5 Å². The lowest BCUT2D eigenvalue weighted by Crippen LogP contribution is -2.36. The molecule has 6 aliphatic rings. The molecule has 4 saturated carbocycles. The molecule has 7 heteroatoms. The smallest absolute Gasteiger partial charge is 0.326 e. The van der Waals surface area contributed by atoms with E-state index in [1.165, 1.54) is 30.6 Å². The number of nitrogens with zero attached hydrogens (tertiary/aromatic N) is 2. The van der Waals surface area contributed by atoms with Crippen LogP contribution in [0.25, 0.3) is 0 Å². The molecule has 0 radical (unpaired) electrons. The van der Waals surface area contributed by atoms with Crippen LogP contribution in [0.15, 0.2) is 0 Å². The van der Waals surface area contributed by atoms with Crippen molar-refractivity contribution in [3.8, 4) is 0 Å².